The second-order valence-corrected chi connectivity index (χ2v) is 25.8. The third-order valence-corrected chi connectivity index (χ3v) is 19.0. The zero-order valence-corrected chi connectivity index (χ0v) is 31.2. The van der Waals surface area contributed by atoms with Crippen LogP contribution in [0, 0.1) is 17.3 Å². The molecule has 1 fully saturated rings. The summed E-state index contributed by atoms with van der Waals surface area (Å²) in [6.07, 6.45) is 18.3. The maximum absolute atomic E-state index is 13.0. The Bertz CT molecular complexity index is 887. The van der Waals surface area contributed by atoms with Gasteiger partial charge in [0.25, 0.3) is 5.79 Å². The second kappa shape index (κ2) is 14.7. The summed E-state index contributed by atoms with van der Waals surface area (Å²) >= 11 is 0. The zero-order valence-electron chi connectivity index (χ0n) is 29.2. The summed E-state index contributed by atoms with van der Waals surface area (Å²) in [5, 5.41) is 10.4. The molecule has 238 valence electrons. The van der Waals surface area contributed by atoms with E-state index in [1.54, 1.807) is 0 Å². The number of allylic oxidation sites excluding steroid dienone is 5. The summed E-state index contributed by atoms with van der Waals surface area (Å²) in [6, 6.07) is 0. The fraction of sp³-hybridized carbons (Fsp3) is 0.800. The lowest BCUT2D eigenvalue weighted by Crippen LogP contribution is -2.60. The molecular weight excluding hydrogens is 541 g/mol. The molecule has 0 spiro atoms. The number of carboxylic acid groups (broad SMARTS) is 1. The molecule has 1 rings (SSSR count). The Morgan fingerprint density at radius 3 is 1.93 bits per heavy atom. The molecule has 1 aliphatic carbocycles. The summed E-state index contributed by atoms with van der Waals surface area (Å²) in [5.74, 6) is -1.64. The van der Waals surface area contributed by atoms with Crippen LogP contribution in [-0.4, -0.2) is 33.5 Å². The SMILES string of the molecule is C=C1CC[C@H](C=CCC(C)(C)CCCC)[C@H]1CC=CCCC(O[Si](C)(C)C(C)(C)C)(O[Si](C)(C)C(C)(C)C)C(=O)O. The van der Waals surface area contributed by atoms with Crippen LogP contribution >= 0.6 is 0 Å². The molecule has 0 aromatic heterocycles. The molecule has 0 radical (unpaired) electrons. The highest BCUT2D eigenvalue weighted by atomic mass is 28.4. The van der Waals surface area contributed by atoms with Gasteiger partial charge in [0.05, 0.1) is 0 Å². The Kier molecular flexibility index (Phi) is 13.6. The van der Waals surface area contributed by atoms with Crippen molar-refractivity contribution in [2.24, 2.45) is 17.3 Å². The van der Waals surface area contributed by atoms with E-state index in [1.165, 1.54) is 31.3 Å². The maximum atomic E-state index is 13.0. The third-order valence-electron chi connectivity index (χ3n) is 10.1. The van der Waals surface area contributed by atoms with E-state index in [0.717, 1.165) is 19.3 Å². The Morgan fingerprint density at radius 2 is 1.46 bits per heavy atom. The van der Waals surface area contributed by atoms with Gasteiger partial charge in [-0.05, 0) is 92.0 Å². The number of carbonyl (C=O) groups is 1. The first-order valence-corrected chi connectivity index (χ1v) is 21.9. The molecule has 1 saturated carbocycles. The predicted molar refractivity (Wildman–Crippen MR) is 182 cm³/mol. The van der Waals surface area contributed by atoms with Gasteiger partial charge in [-0.2, -0.15) is 0 Å². The van der Waals surface area contributed by atoms with Crippen LogP contribution in [0.1, 0.15) is 120 Å². The molecule has 0 aromatic rings. The minimum atomic E-state index is -2.43. The molecule has 0 bridgehead atoms. The van der Waals surface area contributed by atoms with Gasteiger partial charge in [-0.1, -0.05) is 112 Å². The number of aliphatic carboxylic acids is 1. The fourth-order valence-corrected chi connectivity index (χ4v) is 7.82. The highest BCUT2D eigenvalue weighted by Gasteiger charge is 2.54. The average Bonchev–Trinajstić information content (AvgIpc) is 3.14. The molecule has 0 heterocycles. The van der Waals surface area contributed by atoms with E-state index in [-0.39, 0.29) is 10.1 Å². The van der Waals surface area contributed by atoms with Gasteiger partial charge >= 0.3 is 5.97 Å². The van der Waals surface area contributed by atoms with E-state index in [0.29, 0.717) is 30.1 Å². The first-order valence-electron chi connectivity index (χ1n) is 16.1. The lowest BCUT2D eigenvalue weighted by atomic mass is 9.83. The monoisotopic (exact) mass is 606 g/mol. The van der Waals surface area contributed by atoms with E-state index in [1.807, 2.05) is 0 Å². The normalized spacial score (nSPS) is 20.1. The molecule has 0 aromatic carbocycles. The number of unbranched alkanes of at least 4 members (excludes halogenated alkanes) is 1. The van der Waals surface area contributed by atoms with Gasteiger partial charge in [0.2, 0.25) is 0 Å². The Labute approximate surface area is 256 Å². The molecule has 6 heteroatoms. The fourth-order valence-electron chi connectivity index (χ4n) is 5.01. The number of hydrogen-bond donors (Lipinski definition) is 1. The first-order chi connectivity index (χ1) is 18.5. The molecule has 0 aliphatic heterocycles. The van der Waals surface area contributed by atoms with Crippen molar-refractivity contribution in [1.82, 2.24) is 0 Å². The lowest BCUT2D eigenvalue weighted by molar-refractivity contribution is -0.194. The van der Waals surface area contributed by atoms with Gasteiger partial charge in [0, 0.05) is 6.42 Å². The average molecular weight is 607 g/mol. The molecule has 1 aliphatic rings. The molecule has 1 N–H and O–H groups in total. The summed E-state index contributed by atoms with van der Waals surface area (Å²) in [4.78, 5) is 13.0. The van der Waals surface area contributed by atoms with Gasteiger partial charge in [0.1, 0.15) is 0 Å². The minimum absolute atomic E-state index is 0.128. The van der Waals surface area contributed by atoms with Crippen LogP contribution < -0.4 is 0 Å². The Balaban J connectivity index is 3.04. The molecule has 0 amide bonds. The van der Waals surface area contributed by atoms with Crippen LogP contribution in [0.15, 0.2) is 36.5 Å². The number of hydrogen-bond acceptors (Lipinski definition) is 3. The Hall–Kier alpha value is -0.956. The van der Waals surface area contributed by atoms with E-state index in [2.05, 4.69) is 119 Å². The minimum Gasteiger partial charge on any atom is -0.477 e. The van der Waals surface area contributed by atoms with Gasteiger partial charge in [-0.3, -0.25) is 0 Å². The van der Waals surface area contributed by atoms with Crippen molar-refractivity contribution in [2.45, 2.75) is 162 Å². The van der Waals surface area contributed by atoms with Gasteiger partial charge in [-0.15, -0.1) is 0 Å². The van der Waals surface area contributed by atoms with Crippen LogP contribution in [0.2, 0.25) is 36.3 Å². The van der Waals surface area contributed by atoms with Crippen molar-refractivity contribution >= 4 is 22.6 Å². The highest BCUT2D eigenvalue weighted by Crippen LogP contribution is 2.45. The van der Waals surface area contributed by atoms with Crippen LogP contribution in [0.4, 0.5) is 0 Å². The maximum Gasteiger partial charge on any atom is 0.362 e. The third kappa shape index (κ3) is 11.2. The predicted octanol–water partition coefficient (Wildman–Crippen LogP) is 11.3. The Morgan fingerprint density at radius 1 is 0.927 bits per heavy atom. The largest absolute Gasteiger partial charge is 0.477 e. The molecule has 2 atom stereocenters. The van der Waals surface area contributed by atoms with E-state index >= 15 is 0 Å². The molecule has 0 saturated heterocycles. The highest BCUT2D eigenvalue weighted by molar-refractivity contribution is 6.75. The van der Waals surface area contributed by atoms with Crippen molar-refractivity contribution in [3.63, 3.8) is 0 Å². The van der Waals surface area contributed by atoms with Crippen LogP contribution in [0.25, 0.3) is 0 Å². The molecule has 0 unspecified atom stereocenters. The van der Waals surface area contributed by atoms with E-state index in [9.17, 15) is 9.90 Å². The molecule has 41 heavy (non-hydrogen) atoms. The second-order valence-electron chi connectivity index (χ2n) is 16.4. The molecule has 4 nitrogen and oxygen atoms in total. The van der Waals surface area contributed by atoms with Gasteiger partial charge < -0.3 is 14.0 Å². The van der Waals surface area contributed by atoms with Crippen molar-refractivity contribution < 1.29 is 18.8 Å². The van der Waals surface area contributed by atoms with Crippen molar-refractivity contribution in [1.29, 1.82) is 0 Å². The van der Waals surface area contributed by atoms with Crippen LogP contribution in [-0.2, 0) is 13.6 Å². The van der Waals surface area contributed by atoms with Crippen molar-refractivity contribution in [3.05, 3.63) is 36.5 Å². The van der Waals surface area contributed by atoms with Gasteiger partial charge in [0.15, 0.2) is 16.6 Å². The number of carboxylic acids is 1. The number of rotatable bonds is 16. The topological polar surface area (TPSA) is 55.8 Å². The standard InChI is InChI=1S/C35H66O4Si2/c1-15-16-25-34(9,10)26-20-21-29-24-23-28(2)30(29)22-18-17-19-27-35(31(36)37,38-40(11,12)32(3,4)5)39-41(13,14)33(6,7)8/h17-18,20-21,29-30H,2,15-16,19,22-27H2,1,3-14H3,(H,36,37)/t29-,30-/m0/s1. The first kappa shape index (κ1) is 38.1. The summed E-state index contributed by atoms with van der Waals surface area (Å²) in [5.41, 5.74) is 1.70. The van der Waals surface area contributed by atoms with Crippen molar-refractivity contribution in [2.75, 3.05) is 0 Å². The quantitative estimate of drug-likeness (QED) is 0.108. The van der Waals surface area contributed by atoms with Crippen LogP contribution in [0.3, 0.4) is 0 Å². The van der Waals surface area contributed by atoms with E-state index < -0.39 is 28.4 Å². The summed E-state index contributed by atoms with van der Waals surface area (Å²) in [7, 11) is -4.86. The van der Waals surface area contributed by atoms with Gasteiger partial charge in [-0.25, -0.2) is 4.79 Å². The summed E-state index contributed by atoms with van der Waals surface area (Å²) in [6.45, 7) is 32.7. The summed E-state index contributed by atoms with van der Waals surface area (Å²) < 4.78 is 13.4. The zero-order chi connectivity index (χ0) is 31.9. The van der Waals surface area contributed by atoms with Crippen LogP contribution in [0.5, 0.6) is 0 Å². The van der Waals surface area contributed by atoms with Crippen molar-refractivity contribution in [3.8, 4) is 0 Å². The van der Waals surface area contributed by atoms with E-state index in [4.69, 9.17) is 8.85 Å². The molecular formula is C35H66O4Si2. The lowest BCUT2D eigenvalue weighted by Gasteiger charge is -2.48. The smallest absolute Gasteiger partial charge is 0.362 e.